The molecule has 96 valence electrons. The molecule has 2 N–H and O–H groups in total. The van der Waals surface area contributed by atoms with Gasteiger partial charge in [-0.25, -0.2) is 0 Å². The molecule has 7 heteroatoms. The molecule has 0 aliphatic heterocycles. The molecule has 0 bridgehead atoms. The van der Waals surface area contributed by atoms with Gasteiger partial charge in [0.2, 0.25) is 11.9 Å². The molecule has 0 aliphatic rings. The van der Waals surface area contributed by atoms with Crippen LogP contribution in [0.25, 0.3) is 0 Å². The van der Waals surface area contributed by atoms with E-state index < -0.39 is 11.9 Å². The summed E-state index contributed by atoms with van der Waals surface area (Å²) in [6.45, 7) is 0. The molecule has 2 rings (SSSR count). The van der Waals surface area contributed by atoms with Gasteiger partial charge < -0.3 is 10.2 Å². The van der Waals surface area contributed by atoms with Crippen LogP contribution in [0.5, 0.6) is 0 Å². The van der Waals surface area contributed by atoms with Gasteiger partial charge in [-0.15, -0.1) is 34.7 Å². The van der Waals surface area contributed by atoms with E-state index in [1.54, 1.807) is 12.1 Å². The Morgan fingerprint density at radius 1 is 0.895 bits per heavy atom. The molecule has 0 saturated heterocycles. The topological polar surface area (TPSA) is 74.6 Å². The van der Waals surface area contributed by atoms with Gasteiger partial charge in [-0.05, 0) is 10.8 Å². The van der Waals surface area contributed by atoms with Crippen LogP contribution < -0.4 is 0 Å². The van der Waals surface area contributed by atoms with Gasteiger partial charge in [-0.2, -0.15) is 34.8 Å². The number of carboxylic acids is 2. The monoisotopic (exact) mass is 346 g/mol. The predicted octanol–water partition coefficient (Wildman–Crippen LogP) is 2.77. The summed E-state index contributed by atoms with van der Waals surface area (Å²) in [4.78, 5) is 21.6. The third-order valence-corrected chi connectivity index (χ3v) is 3.26. The van der Waals surface area contributed by atoms with Gasteiger partial charge in [0.1, 0.15) is 0 Å². The number of carboxylic acid groups (broad SMARTS) is 2. The Kier molecular flexibility index (Phi) is 8.95. The van der Waals surface area contributed by atoms with Crippen LogP contribution in [-0.4, -0.2) is 22.2 Å². The third kappa shape index (κ3) is 8.42. The zero-order chi connectivity index (χ0) is 13.4. The second-order valence-electron chi connectivity index (χ2n) is 3.00. The Labute approximate surface area is 131 Å². The van der Waals surface area contributed by atoms with Crippen LogP contribution in [0, 0.1) is 12.8 Å². The van der Waals surface area contributed by atoms with Gasteiger partial charge in [-0.3, -0.25) is 9.59 Å². The van der Waals surface area contributed by atoms with E-state index in [1.165, 1.54) is 35.5 Å². The zero-order valence-corrected chi connectivity index (χ0v) is 14.5. The first-order chi connectivity index (χ1) is 8.58. The van der Waals surface area contributed by atoms with Crippen LogP contribution in [0.4, 0.5) is 0 Å². The Morgan fingerprint density at radius 3 is 1.47 bits per heavy atom. The molecule has 0 unspecified atom stereocenters. The first-order valence-electron chi connectivity index (χ1n) is 4.80. The molecule has 4 nitrogen and oxygen atoms in total. The van der Waals surface area contributed by atoms with Crippen LogP contribution in [0.15, 0.2) is 35.0 Å². The first kappa shape index (κ1) is 17.7. The van der Waals surface area contributed by atoms with E-state index in [9.17, 15) is 9.59 Å². The number of hydrogen-bond acceptors (Lipinski definition) is 4. The maximum absolute atomic E-state index is 10.0. The molecule has 0 radical (unpaired) electrons. The Hall–Kier alpha value is -1.30. The summed E-state index contributed by atoms with van der Waals surface area (Å²) in [5, 5.41) is 20.2. The van der Waals surface area contributed by atoms with Gasteiger partial charge in [0, 0.05) is 0 Å². The summed E-state index contributed by atoms with van der Waals surface area (Å²) in [5.41, 5.74) is 0. The van der Waals surface area contributed by atoms with Crippen LogP contribution in [0.3, 0.4) is 0 Å². The molecule has 0 atom stereocenters. The summed E-state index contributed by atoms with van der Waals surface area (Å²) in [5.74, 6) is -1.78. The molecule has 0 fully saturated rings. The van der Waals surface area contributed by atoms with E-state index in [4.69, 9.17) is 10.2 Å². The fourth-order valence-electron chi connectivity index (χ4n) is 0.990. The number of thiophene rings is 2. The van der Waals surface area contributed by atoms with Crippen molar-refractivity contribution in [3.63, 3.8) is 0 Å². The molecular weight excluding hydrogens is 338 g/mol. The molecule has 0 spiro atoms. The molecule has 2 aromatic rings. The normalized spacial score (nSPS) is 8.42. The molecule has 19 heavy (non-hydrogen) atoms. The van der Waals surface area contributed by atoms with E-state index >= 15 is 0 Å². The maximum Gasteiger partial charge on any atom is 2.00 e. The molecule has 2 aromatic heterocycles. The zero-order valence-electron chi connectivity index (χ0n) is 9.85. The van der Waals surface area contributed by atoms with Crippen molar-refractivity contribution in [2.24, 2.45) is 0 Å². The van der Waals surface area contributed by atoms with Crippen molar-refractivity contribution in [1.29, 1.82) is 0 Å². The number of rotatable bonds is 4. The second-order valence-corrected chi connectivity index (χ2v) is 4.95. The Balaban J connectivity index is 0.000000324. The summed E-state index contributed by atoms with van der Waals surface area (Å²) in [6.07, 6.45) is 2.37. The molecule has 0 saturated carbocycles. The van der Waals surface area contributed by atoms with Crippen LogP contribution >= 0.6 is 22.7 Å². The van der Waals surface area contributed by atoms with E-state index in [2.05, 4.69) is 0 Å². The summed E-state index contributed by atoms with van der Waals surface area (Å²) >= 11 is 2.83. The number of hydrogen-bond donors (Lipinski definition) is 2. The molecular formula is C12H10O4S2Zn. The third-order valence-electron chi connectivity index (χ3n) is 1.62. The summed E-state index contributed by atoms with van der Waals surface area (Å²) in [6, 6.07) is 7.16. The SMILES string of the molecule is O=C(O)[CH-]c1cccs1.O=C(O)[CH-]c1cccs1.[Zn+2]. The molecule has 0 aliphatic carbocycles. The second kappa shape index (κ2) is 9.61. The number of aliphatic carboxylic acids is 2. The first-order valence-corrected chi connectivity index (χ1v) is 6.56. The quantitative estimate of drug-likeness (QED) is 0.659. The Morgan fingerprint density at radius 2 is 1.26 bits per heavy atom. The van der Waals surface area contributed by atoms with Gasteiger partial charge >= 0.3 is 19.5 Å². The smallest absolute Gasteiger partial charge is 0.491 e. The molecule has 2 heterocycles. The van der Waals surface area contributed by atoms with E-state index in [1.807, 2.05) is 22.9 Å². The van der Waals surface area contributed by atoms with Crippen molar-refractivity contribution in [3.05, 3.63) is 57.6 Å². The van der Waals surface area contributed by atoms with Gasteiger partial charge in [0.05, 0.1) is 0 Å². The molecule has 0 aromatic carbocycles. The van der Waals surface area contributed by atoms with Gasteiger partial charge in [-0.1, -0.05) is 0 Å². The standard InChI is InChI=1S/2C6H5O2S.Zn/c2*7-6(8)4-5-2-1-3-9-5;/h2*1-4H,(H,7,8);/q2*-1;+2. The molecule has 0 amide bonds. The van der Waals surface area contributed by atoms with E-state index in [-0.39, 0.29) is 19.5 Å². The van der Waals surface area contributed by atoms with Gasteiger partial charge in [0.25, 0.3) is 0 Å². The van der Waals surface area contributed by atoms with Crippen LogP contribution in [0.2, 0.25) is 0 Å². The Bertz CT molecular complexity index is 434. The van der Waals surface area contributed by atoms with Crippen LogP contribution in [0.1, 0.15) is 9.75 Å². The number of carbonyl (C=O) groups is 2. The van der Waals surface area contributed by atoms with Crippen molar-refractivity contribution in [2.75, 3.05) is 0 Å². The van der Waals surface area contributed by atoms with Crippen molar-refractivity contribution in [2.45, 2.75) is 0 Å². The van der Waals surface area contributed by atoms with E-state index in [0.717, 1.165) is 9.75 Å². The average molecular weight is 348 g/mol. The van der Waals surface area contributed by atoms with Crippen molar-refractivity contribution in [3.8, 4) is 0 Å². The minimum Gasteiger partial charge on any atom is -0.491 e. The fraction of sp³-hybridized carbons (Fsp3) is 0. The van der Waals surface area contributed by atoms with Crippen molar-refractivity contribution < 1.29 is 39.3 Å². The van der Waals surface area contributed by atoms with Gasteiger partial charge in [0.15, 0.2) is 0 Å². The van der Waals surface area contributed by atoms with Crippen molar-refractivity contribution in [1.82, 2.24) is 0 Å². The van der Waals surface area contributed by atoms with E-state index in [0.29, 0.717) is 0 Å². The predicted molar refractivity (Wildman–Crippen MR) is 70.7 cm³/mol. The summed E-state index contributed by atoms with van der Waals surface area (Å²) < 4.78 is 0. The summed E-state index contributed by atoms with van der Waals surface area (Å²) in [7, 11) is 0. The largest absolute Gasteiger partial charge is 2.00 e. The minimum absolute atomic E-state index is 0. The maximum atomic E-state index is 10.0. The minimum atomic E-state index is -0.891. The average Bonchev–Trinajstić information content (AvgIpc) is 2.90. The van der Waals surface area contributed by atoms with Crippen LogP contribution in [-0.2, 0) is 29.1 Å². The fourth-order valence-corrected chi connectivity index (χ4v) is 2.27. The van der Waals surface area contributed by atoms with Crippen molar-refractivity contribution >= 4 is 34.6 Å².